The van der Waals surface area contributed by atoms with Gasteiger partial charge in [0.25, 0.3) is 0 Å². The van der Waals surface area contributed by atoms with Crippen molar-refractivity contribution in [1.29, 1.82) is 0 Å². The zero-order chi connectivity index (χ0) is 11.1. The predicted molar refractivity (Wildman–Crippen MR) is 70.6 cm³/mol. The Morgan fingerprint density at radius 3 is 2.38 bits per heavy atom. The van der Waals surface area contributed by atoms with Crippen molar-refractivity contribution < 1.29 is 4.74 Å². The molecule has 0 radical (unpaired) electrons. The Bertz CT molecular complexity index is 667. The third kappa shape index (κ3) is 1.38. The number of ether oxygens (including phenoxy) is 1. The standard InChI is InChI=1S/C14H12OS/c1-9-3-5-13-11(7-9)12-8-10(15-2)4-6-14(12)16-13/h3-8H,1-2H3. The number of benzene rings is 2. The van der Waals surface area contributed by atoms with Gasteiger partial charge in [-0.3, -0.25) is 0 Å². The van der Waals surface area contributed by atoms with Crippen molar-refractivity contribution in [2.75, 3.05) is 7.11 Å². The molecule has 80 valence electrons. The summed E-state index contributed by atoms with van der Waals surface area (Å²) in [6.45, 7) is 2.13. The second-order valence-corrected chi connectivity index (χ2v) is 5.05. The lowest BCUT2D eigenvalue weighted by Gasteiger charge is -1.99. The molecular weight excluding hydrogens is 216 g/mol. The molecule has 0 saturated heterocycles. The molecule has 0 saturated carbocycles. The van der Waals surface area contributed by atoms with E-state index in [1.807, 2.05) is 17.4 Å². The first-order valence-corrected chi connectivity index (χ1v) is 6.06. The maximum Gasteiger partial charge on any atom is 0.119 e. The van der Waals surface area contributed by atoms with Crippen LogP contribution in [0.4, 0.5) is 0 Å². The van der Waals surface area contributed by atoms with E-state index in [1.54, 1.807) is 7.11 Å². The van der Waals surface area contributed by atoms with Crippen LogP contribution in [0, 0.1) is 6.92 Å². The lowest BCUT2D eigenvalue weighted by Crippen LogP contribution is -1.80. The minimum absolute atomic E-state index is 0.925. The van der Waals surface area contributed by atoms with E-state index in [0.29, 0.717) is 0 Å². The quantitative estimate of drug-likeness (QED) is 0.601. The first-order chi connectivity index (χ1) is 7.78. The molecule has 0 spiro atoms. The molecule has 3 rings (SSSR count). The number of aryl methyl sites for hydroxylation is 1. The summed E-state index contributed by atoms with van der Waals surface area (Å²) >= 11 is 1.83. The first kappa shape index (κ1) is 9.67. The van der Waals surface area contributed by atoms with Gasteiger partial charge in [-0.2, -0.15) is 0 Å². The lowest BCUT2D eigenvalue weighted by molar-refractivity contribution is 0.415. The Hall–Kier alpha value is -1.54. The summed E-state index contributed by atoms with van der Waals surface area (Å²) in [4.78, 5) is 0. The molecule has 0 N–H and O–H groups in total. The van der Waals surface area contributed by atoms with E-state index in [1.165, 1.54) is 25.7 Å². The average Bonchev–Trinajstić information content (AvgIpc) is 2.66. The van der Waals surface area contributed by atoms with Gasteiger partial charge in [-0.05, 0) is 37.3 Å². The number of thiophene rings is 1. The van der Waals surface area contributed by atoms with Crippen LogP contribution in [0.5, 0.6) is 5.75 Å². The summed E-state index contributed by atoms with van der Waals surface area (Å²) < 4.78 is 7.94. The average molecular weight is 228 g/mol. The minimum Gasteiger partial charge on any atom is -0.497 e. The van der Waals surface area contributed by atoms with Crippen molar-refractivity contribution >= 4 is 31.5 Å². The highest BCUT2D eigenvalue weighted by atomic mass is 32.1. The molecule has 1 heterocycles. The van der Waals surface area contributed by atoms with Crippen LogP contribution in [0.3, 0.4) is 0 Å². The topological polar surface area (TPSA) is 9.23 Å². The number of rotatable bonds is 1. The van der Waals surface area contributed by atoms with E-state index in [0.717, 1.165) is 5.75 Å². The molecule has 1 nitrogen and oxygen atoms in total. The van der Waals surface area contributed by atoms with Crippen LogP contribution >= 0.6 is 11.3 Å². The molecule has 2 heteroatoms. The normalized spacial score (nSPS) is 11.1. The minimum atomic E-state index is 0.925. The number of hydrogen-bond donors (Lipinski definition) is 0. The summed E-state index contributed by atoms with van der Waals surface area (Å²) in [5.41, 5.74) is 1.30. The highest BCUT2D eigenvalue weighted by Gasteiger charge is 2.05. The zero-order valence-electron chi connectivity index (χ0n) is 9.28. The Kier molecular flexibility index (Phi) is 2.11. The Morgan fingerprint density at radius 1 is 0.938 bits per heavy atom. The van der Waals surface area contributed by atoms with Gasteiger partial charge in [0.2, 0.25) is 0 Å². The Labute approximate surface area is 98.3 Å². The van der Waals surface area contributed by atoms with Gasteiger partial charge in [0, 0.05) is 20.2 Å². The van der Waals surface area contributed by atoms with Gasteiger partial charge in [0.15, 0.2) is 0 Å². The molecule has 0 amide bonds. The largest absolute Gasteiger partial charge is 0.497 e. The van der Waals surface area contributed by atoms with E-state index in [4.69, 9.17) is 4.74 Å². The van der Waals surface area contributed by atoms with Gasteiger partial charge in [0.1, 0.15) is 5.75 Å². The molecule has 0 aliphatic heterocycles. The molecular formula is C14H12OS. The fraction of sp³-hybridized carbons (Fsp3) is 0.143. The third-order valence-electron chi connectivity index (χ3n) is 2.83. The number of hydrogen-bond acceptors (Lipinski definition) is 2. The van der Waals surface area contributed by atoms with E-state index in [-0.39, 0.29) is 0 Å². The second-order valence-electron chi connectivity index (χ2n) is 3.96. The molecule has 0 fully saturated rings. The SMILES string of the molecule is COc1ccc2sc3ccc(C)cc3c2c1. The third-order valence-corrected chi connectivity index (χ3v) is 3.98. The second kappa shape index (κ2) is 3.49. The van der Waals surface area contributed by atoms with Crippen molar-refractivity contribution in [2.45, 2.75) is 6.92 Å². The monoisotopic (exact) mass is 228 g/mol. The lowest BCUT2D eigenvalue weighted by atomic mass is 10.1. The van der Waals surface area contributed by atoms with Crippen molar-refractivity contribution in [3.05, 3.63) is 42.0 Å². The van der Waals surface area contributed by atoms with Gasteiger partial charge in [0.05, 0.1) is 7.11 Å². The molecule has 0 bridgehead atoms. The van der Waals surface area contributed by atoms with Crippen LogP contribution in [0.15, 0.2) is 36.4 Å². The van der Waals surface area contributed by atoms with Crippen molar-refractivity contribution in [3.8, 4) is 5.75 Å². The van der Waals surface area contributed by atoms with Crippen LogP contribution in [0.25, 0.3) is 20.2 Å². The molecule has 0 aliphatic carbocycles. The fourth-order valence-corrected chi connectivity index (χ4v) is 3.06. The van der Waals surface area contributed by atoms with Crippen molar-refractivity contribution in [3.63, 3.8) is 0 Å². The fourth-order valence-electron chi connectivity index (χ4n) is 2.00. The summed E-state index contributed by atoms with van der Waals surface area (Å²) in [7, 11) is 1.71. The van der Waals surface area contributed by atoms with Crippen LogP contribution in [0.2, 0.25) is 0 Å². The van der Waals surface area contributed by atoms with Gasteiger partial charge in [-0.1, -0.05) is 11.6 Å². The number of fused-ring (bicyclic) bond motifs is 3. The molecule has 0 aliphatic rings. The van der Waals surface area contributed by atoms with Gasteiger partial charge in [-0.25, -0.2) is 0 Å². The number of methoxy groups -OCH3 is 1. The molecule has 0 atom stereocenters. The summed E-state index contributed by atoms with van der Waals surface area (Å²) in [6, 6.07) is 12.9. The first-order valence-electron chi connectivity index (χ1n) is 5.25. The summed E-state index contributed by atoms with van der Waals surface area (Å²) in [6.07, 6.45) is 0. The van der Waals surface area contributed by atoms with Crippen LogP contribution in [0.1, 0.15) is 5.56 Å². The van der Waals surface area contributed by atoms with Crippen molar-refractivity contribution in [2.24, 2.45) is 0 Å². The predicted octanol–water partition coefficient (Wildman–Crippen LogP) is 4.37. The smallest absolute Gasteiger partial charge is 0.119 e. The zero-order valence-corrected chi connectivity index (χ0v) is 10.1. The maximum absolute atomic E-state index is 5.28. The Morgan fingerprint density at radius 2 is 1.62 bits per heavy atom. The summed E-state index contributed by atoms with van der Waals surface area (Å²) in [5.74, 6) is 0.925. The molecule has 16 heavy (non-hydrogen) atoms. The van der Waals surface area contributed by atoms with Crippen LogP contribution < -0.4 is 4.74 Å². The summed E-state index contributed by atoms with van der Waals surface area (Å²) in [5, 5.41) is 2.63. The van der Waals surface area contributed by atoms with Gasteiger partial charge in [-0.15, -0.1) is 11.3 Å². The van der Waals surface area contributed by atoms with Gasteiger partial charge < -0.3 is 4.74 Å². The van der Waals surface area contributed by atoms with E-state index < -0.39 is 0 Å². The molecule has 3 aromatic rings. The van der Waals surface area contributed by atoms with Crippen LogP contribution in [-0.2, 0) is 0 Å². The van der Waals surface area contributed by atoms with E-state index in [2.05, 4.69) is 37.3 Å². The van der Waals surface area contributed by atoms with E-state index >= 15 is 0 Å². The molecule has 2 aromatic carbocycles. The highest BCUT2D eigenvalue weighted by molar-refractivity contribution is 7.25. The molecule has 1 aromatic heterocycles. The molecule has 0 unspecified atom stereocenters. The Balaban J connectivity index is 2.44. The van der Waals surface area contributed by atoms with E-state index in [9.17, 15) is 0 Å². The van der Waals surface area contributed by atoms with Crippen molar-refractivity contribution in [1.82, 2.24) is 0 Å². The highest BCUT2D eigenvalue weighted by Crippen LogP contribution is 2.36. The van der Waals surface area contributed by atoms with Crippen LogP contribution in [-0.4, -0.2) is 7.11 Å². The van der Waals surface area contributed by atoms with Gasteiger partial charge >= 0.3 is 0 Å². The maximum atomic E-state index is 5.28.